The van der Waals surface area contributed by atoms with Crippen LogP contribution in [0, 0.1) is 11.3 Å². The van der Waals surface area contributed by atoms with Gasteiger partial charge in [0, 0.05) is 18.1 Å². The van der Waals surface area contributed by atoms with Gasteiger partial charge in [-0.1, -0.05) is 34.1 Å². The van der Waals surface area contributed by atoms with Crippen LogP contribution in [0.4, 0.5) is 0 Å². The Kier molecular flexibility index (Phi) is 5.67. The van der Waals surface area contributed by atoms with Crippen LogP contribution in [0.1, 0.15) is 66.7 Å². The van der Waals surface area contributed by atoms with Crippen molar-refractivity contribution in [3.05, 3.63) is 0 Å². The molecule has 0 bridgehead atoms. The van der Waals surface area contributed by atoms with Crippen molar-refractivity contribution in [3.8, 4) is 0 Å². The molecule has 0 aliphatic heterocycles. The molecule has 1 saturated carbocycles. The molecule has 18 heavy (non-hydrogen) atoms. The number of rotatable bonds is 4. The van der Waals surface area contributed by atoms with E-state index in [4.69, 9.17) is 5.73 Å². The standard InChI is InChI=1S/C16H34N2/c1-7-8-12(2)18(6)15-11-13(16(3,4)5)9-10-14(15)17/h12-15H,7-11,17H2,1-6H3. The van der Waals surface area contributed by atoms with Crippen molar-refractivity contribution in [2.24, 2.45) is 17.1 Å². The highest BCUT2D eigenvalue weighted by Crippen LogP contribution is 2.39. The second-order valence-electron chi connectivity index (χ2n) is 7.41. The molecule has 1 aliphatic carbocycles. The van der Waals surface area contributed by atoms with Crippen LogP contribution >= 0.6 is 0 Å². The van der Waals surface area contributed by atoms with Crippen molar-refractivity contribution in [1.29, 1.82) is 0 Å². The van der Waals surface area contributed by atoms with Gasteiger partial charge in [0.15, 0.2) is 0 Å². The van der Waals surface area contributed by atoms with E-state index < -0.39 is 0 Å². The molecule has 0 radical (unpaired) electrons. The van der Waals surface area contributed by atoms with Gasteiger partial charge in [-0.05, 0) is 51.0 Å². The molecule has 2 heteroatoms. The molecule has 4 unspecified atom stereocenters. The molecule has 0 amide bonds. The molecule has 0 spiro atoms. The van der Waals surface area contributed by atoms with Gasteiger partial charge in [0.1, 0.15) is 0 Å². The molecule has 1 rings (SSSR count). The van der Waals surface area contributed by atoms with E-state index in [1.54, 1.807) is 0 Å². The van der Waals surface area contributed by atoms with Gasteiger partial charge < -0.3 is 5.73 Å². The predicted molar refractivity (Wildman–Crippen MR) is 80.7 cm³/mol. The third-order valence-electron chi connectivity index (χ3n) is 5.02. The molecule has 0 aromatic rings. The fraction of sp³-hybridized carbons (Fsp3) is 1.00. The van der Waals surface area contributed by atoms with E-state index in [0.29, 0.717) is 23.5 Å². The molecule has 2 N–H and O–H groups in total. The Labute approximate surface area is 114 Å². The van der Waals surface area contributed by atoms with E-state index in [0.717, 1.165) is 5.92 Å². The van der Waals surface area contributed by atoms with Crippen molar-refractivity contribution >= 4 is 0 Å². The summed E-state index contributed by atoms with van der Waals surface area (Å²) in [4.78, 5) is 2.55. The van der Waals surface area contributed by atoms with Gasteiger partial charge in [-0.3, -0.25) is 4.90 Å². The van der Waals surface area contributed by atoms with Gasteiger partial charge in [0.05, 0.1) is 0 Å². The summed E-state index contributed by atoms with van der Waals surface area (Å²) in [5.74, 6) is 0.818. The summed E-state index contributed by atoms with van der Waals surface area (Å²) in [6, 6.07) is 1.60. The second-order valence-corrected chi connectivity index (χ2v) is 7.41. The molecule has 1 fully saturated rings. The normalized spacial score (nSPS) is 31.7. The summed E-state index contributed by atoms with van der Waals surface area (Å²) >= 11 is 0. The van der Waals surface area contributed by atoms with Crippen LogP contribution in [0.15, 0.2) is 0 Å². The molecule has 0 heterocycles. The minimum Gasteiger partial charge on any atom is -0.326 e. The first-order valence-corrected chi connectivity index (χ1v) is 7.74. The largest absolute Gasteiger partial charge is 0.326 e. The van der Waals surface area contributed by atoms with E-state index in [-0.39, 0.29) is 0 Å². The van der Waals surface area contributed by atoms with Crippen molar-refractivity contribution < 1.29 is 0 Å². The fourth-order valence-electron chi connectivity index (χ4n) is 3.37. The first-order valence-electron chi connectivity index (χ1n) is 7.74. The van der Waals surface area contributed by atoms with Crippen molar-refractivity contribution in [2.45, 2.75) is 84.8 Å². The van der Waals surface area contributed by atoms with Crippen LogP contribution in [0.3, 0.4) is 0 Å². The average Bonchev–Trinajstić information content (AvgIpc) is 2.27. The van der Waals surface area contributed by atoms with E-state index in [1.807, 2.05) is 0 Å². The predicted octanol–water partition coefficient (Wildman–Crippen LogP) is 3.65. The molecule has 0 saturated heterocycles. The fourth-order valence-corrected chi connectivity index (χ4v) is 3.37. The lowest BCUT2D eigenvalue weighted by Gasteiger charge is -2.45. The highest BCUT2D eigenvalue weighted by molar-refractivity contribution is 4.93. The molecular weight excluding hydrogens is 220 g/mol. The monoisotopic (exact) mass is 254 g/mol. The molecule has 1 aliphatic rings. The number of likely N-dealkylation sites (N-methyl/N-ethyl adjacent to an activating group) is 1. The number of hydrogen-bond acceptors (Lipinski definition) is 2. The maximum absolute atomic E-state index is 6.38. The molecule has 2 nitrogen and oxygen atoms in total. The van der Waals surface area contributed by atoms with Gasteiger partial charge in [-0.2, -0.15) is 0 Å². The van der Waals surface area contributed by atoms with Gasteiger partial charge >= 0.3 is 0 Å². The Morgan fingerprint density at radius 1 is 1.28 bits per heavy atom. The van der Waals surface area contributed by atoms with Gasteiger partial charge in [-0.25, -0.2) is 0 Å². The summed E-state index contributed by atoms with van der Waals surface area (Å²) in [5, 5.41) is 0. The maximum Gasteiger partial charge on any atom is 0.0249 e. The third kappa shape index (κ3) is 3.96. The lowest BCUT2D eigenvalue weighted by Crippen LogP contribution is -2.53. The lowest BCUT2D eigenvalue weighted by molar-refractivity contribution is 0.0620. The van der Waals surface area contributed by atoms with Gasteiger partial charge in [0.25, 0.3) is 0 Å². The average molecular weight is 254 g/mol. The Hall–Kier alpha value is -0.0800. The second kappa shape index (κ2) is 6.38. The van der Waals surface area contributed by atoms with E-state index in [1.165, 1.54) is 32.1 Å². The zero-order valence-corrected chi connectivity index (χ0v) is 13.4. The summed E-state index contributed by atoms with van der Waals surface area (Å²) in [6.45, 7) is 11.7. The quantitative estimate of drug-likeness (QED) is 0.830. The minimum absolute atomic E-state index is 0.368. The van der Waals surface area contributed by atoms with Crippen LogP contribution in [0.5, 0.6) is 0 Å². The first kappa shape index (κ1) is 16.0. The lowest BCUT2D eigenvalue weighted by atomic mass is 9.69. The Morgan fingerprint density at radius 2 is 1.89 bits per heavy atom. The summed E-state index contributed by atoms with van der Waals surface area (Å²) in [5.41, 5.74) is 6.80. The van der Waals surface area contributed by atoms with Crippen LogP contribution in [-0.4, -0.2) is 30.1 Å². The van der Waals surface area contributed by atoms with E-state index in [9.17, 15) is 0 Å². The SMILES string of the molecule is CCCC(C)N(C)C1CC(C(C)(C)C)CCC1N. The van der Waals surface area contributed by atoms with Crippen molar-refractivity contribution in [2.75, 3.05) is 7.05 Å². The number of nitrogens with two attached hydrogens (primary N) is 1. The number of nitrogens with zero attached hydrogens (tertiary/aromatic N) is 1. The van der Waals surface area contributed by atoms with Crippen molar-refractivity contribution in [3.63, 3.8) is 0 Å². The third-order valence-corrected chi connectivity index (χ3v) is 5.02. The van der Waals surface area contributed by atoms with Gasteiger partial charge in [0.2, 0.25) is 0 Å². The van der Waals surface area contributed by atoms with Crippen LogP contribution < -0.4 is 5.73 Å². The smallest absolute Gasteiger partial charge is 0.0249 e. The zero-order valence-electron chi connectivity index (χ0n) is 13.4. The van der Waals surface area contributed by atoms with E-state index >= 15 is 0 Å². The minimum atomic E-state index is 0.368. The highest BCUT2D eigenvalue weighted by atomic mass is 15.2. The van der Waals surface area contributed by atoms with E-state index in [2.05, 4.69) is 46.6 Å². The highest BCUT2D eigenvalue weighted by Gasteiger charge is 2.36. The summed E-state index contributed by atoms with van der Waals surface area (Å²) in [6.07, 6.45) is 6.30. The molecule has 4 atom stereocenters. The Morgan fingerprint density at radius 3 is 2.39 bits per heavy atom. The number of hydrogen-bond donors (Lipinski definition) is 1. The molecule has 0 aromatic carbocycles. The maximum atomic E-state index is 6.38. The first-order chi connectivity index (χ1) is 8.27. The topological polar surface area (TPSA) is 29.3 Å². The molecular formula is C16H34N2. The Bertz CT molecular complexity index is 244. The molecule has 0 aromatic heterocycles. The van der Waals surface area contributed by atoms with Crippen LogP contribution in [-0.2, 0) is 0 Å². The van der Waals surface area contributed by atoms with Gasteiger partial charge in [-0.15, -0.1) is 0 Å². The summed E-state index contributed by atoms with van der Waals surface area (Å²) in [7, 11) is 2.27. The zero-order chi connectivity index (χ0) is 13.9. The van der Waals surface area contributed by atoms with Crippen LogP contribution in [0.2, 0.25) is 0 Å². The summed E-state index contributed by atoms with van der Waals surface area (Å²) < 4.78 is 0. The van der Waals surface area contributed by atoms with Crippen molar-refractivity contribution in [1.82, 2.24) is 4.90 Å². The molecule has 108 valence electrons. The van der Waals surface area contributed by atoms with Crippen LogP contribution in [0.25, 0.3) is 0 Å². The Balaban J connectivity index is 2.67.